The van der Waals surface area contributed by atoms with Crippen molar-refractivity contribution in [3.05, 3.63) is 38.9 Å². The topological polar surface area (TPSA) is 49.4 Å². The highest BCUT2D eigenvalue weighted by atomic mass is 35.5. The van der Waals surface area contributed by atoms with Gasteiger partial charge in [-0.25, -0.2) is 13.1 Å². The monoisotopic (exact) mass is 350 g/mol. The van der Waals surface area contributed by atoms with E-state index in [-0.39, 0.29) is 10.3 Å². The third kappa shape index (κ3) is 3.81. The fraction of sp³-hybridized carbons (Fsp3) is 0.333. The summed E-state index contributed by atoms with van der Waals surface area (Å²) in [5.74, 6) is 0. The zero-order valence-electron chi connectivity index (χ0n) is 11.0. The van der Waals surface area contributed by atoms with Gasteiger partial charge in [-0.15, -0.1) is 22.7 Å². The summed E-state index contributed by atoms with van der Waals surface area (Å²) in [6.07, 6.45) is 0. The molecule has 1 unspecified atom stereocenters. The molecule has 1 N–H and O–H groups in total. The first-order valence-corrected chi connectivity index (χ1v) is 9.41. The highest BCUT2D eigenvalue weighted by Gasteiger charge is 2.21. The van der Waals surface area contributed by atoms with E-state index in [0.717, 1.165) is 16.2 Å². The van der Waals surface area contributed by atoms with Gasteiger partial charge in [0.05, 0.1) is 10.4 Å². The van der Waals surface area contributed by atoms with Crippen molar-refractivity contribution in [2.45, 2.75) is 10.3 Å². The van der Waals surface area contributed by atoms with Gasteiger partial charge in [-0.1, -0.05) is 17.7 Å². The first-order valence-electron chi connectivity index (χ1n) is 5.85. The lowest BCUT2D eigenvalue weighted by Gasteiger charge is -2.23. The van der Waals surface area contributed by atoms with E-state index in [4.69, 9.17) is 11.6 Å². The lowest BCUT2D eigenvalue weighted by molar-refractivity contribution is 0.303. The Kier molecular flexibility index (Phi) is 5.22. The third-order valence-electron chi connectivity index (χ3n) is 2.78. The Labute approximate surface area is 132 Å². The van der Waals surface area contributed by atoms with Gasteiger partial charge in [0.1, 0.15) is 4.21 Å². The van der Waals surface area contributed by atoms with Gasteiger partial charge < -0.3 is 4.90 Å². The maximum absolute atomic E-state index is 12.2. The fourth-order valence-corrected chi connectivity index (χ4v) is 5.21. The average molecular weight is 351 g/mol. The van der Waals surface area contributed by atoms with Crippen LogP contribution in [-0.4, -0.2) is 34.0 Å². The lowest BCUT2D eigenvalue weighted by atomic mass is 10.2. The average Bonchev–Trinajstić information content (AvgIpc) is 3.00. The van der Waals surface area contributed by atoms with Crippen LogP contribution < -0.4 is 4.72 Å². The quantitative estimate of drug-likeness (QED) is 0.871. The molecule has 2 aromatic rings. The Morgan fingerprint density at radius 3 is 2.60 bits per heavy atom. The van der Waals surface area contributed by atoms with E-state index in [1.165, 1.54) is 6.07 Å². The molecule has 0 bridgehead atoms. The van der Waals surface area contributed by atoms with E-state index < -0.39 is 10.0 Å². The second-order valence-corrected chi connectivity index (χ2v) is 9.09. The molecule has 0 saturated carbocycles. The third-order valence-corrected chi connectivity index (χ3v) is 6.90. The molecule has 20 heavy (non-hydrogen) atoms. The number of nitrogens with one attached hydrogen (secondary N) is 1. The van der Waals surface area contributed by atoms with Crippen molar-refractivity contribution < 1.29 is 8.42 Å². The van der Waals surface area contributed by atoms with Crippen molar-refractivity contribution in [1.29, 1.82) is 0 Å². The zero-order chi connectivity index (χ0) is 14.8. The number of thiophene rings is 2. The second-order valence-electron chi connectivity index (χ2n) is 4.41. The number of likely N-dealkylation sites (N-methyl/N-ethyl adjacent to an activating group) is 1. The predicted molar refractivity (Wildman–Crippen MR) is 85.3 cm³/mol. The van der Waals surface area contributed by atoms with Crippen LogP contribution in [-0.2, 0) is 10.0 Å². The van der Waals surface area contributed by atoms with Gasteiger partial charge >= 0.3 is 0 Å². The van der Waals surface area contributed by atoms with Gasteiger partial charge in [-0.2, -0.15) is 0 Å². The van der Waals surface area contributed by atoms with Crippen molar-refractivity contribution >= 4 is 44.3 Å². The minimum Gasteiger partial charge on any atom is -0.300 e. The van der Waals surface area contributed by atoms with Gasteiger partial charge in [0.15, 0.2) is 0 Å². The van der Waals surface area contributed by atoms with E-state index >= 15 is 0 Å². The minimum absolute atomic E-state index is 0.0141. The molecule has 0 aliphatic heterocycles. The van der Waals surface area contributed by atoms with Gasteiger partial charge in [0.2, 0.25) is 10.0 Å². The standard InChI is InChI=1S/C12H15ClN2O2S3/c1-15(2)9(10-4-3-7-18-10)8-14-20(16,17)12-6-5-11(13)19-12/h3-7,9,14H,8H2,1-2H3. The van der Waals surface area contributed by atoms with Gasteiger partial charge in [0, 0.05) is 11.4 Å². The Morgan fingerprint density at radius 2 is 2.10 bits per heavy atom. The van der Waals surface area contributed by atoms with Crippen LogP contribution in [0.3, 0.4) is 0 Å². The molecule has 0 saturated heterocycles. The van der Waals surface area contributed by atoms with Crippen molar-refractivity contribution in [3.8, 4) is 0 Å². The smallest absolute Gasteiger partial charge is 0.250 e. The van der Waals surface area contributed by atoms with E-state index in [1.807, 2.05) is 36.5 Å². The van der Waals surface area contributed by atoms with Crippen LogP contribution in [0.1, 0.15) is 10.9 Å². The van der Waals surface area contributed by atoms with Crippen molar-refractivity contribution in [2.24, 2.45) is 0 Å². The van der Waals surface area contributed by atoms with Crippen LogP contribution in [0.5, 0.6) is 0 Å². The number of sulfonamides is 1. The van der Waals surface area contributed by atoms with Crippen LogP contribution >= 0.6 is 34.3 Å². The van der Waals surface area contributed by atoms with Crippen LogP contribution in [0.4, 0.5) is 0 Å². The molecule has 2 heterocycles. The normalized spacial score (nSPS) is 13.8. The molecule has 0 aliphatic carbocycles. The largest absolute Gasteiger partial charge is 0.300 e. The first-order chi connectivity index (χ1) is 9.40. The Hall–Kier alpha value is -0.440. The molecule has 2 rings (SSSR count). The predicted octanol–water partition coefficient (Wildman–Crippen LogP) is 3.04. The Balaban J connectivity index is 2.10. The number of halogens is 1. The molecule has 8 heteroatoms. The van der Waals surface area contributed by atoms with Crippen LogP contribution in [0.2, 0.25) is 4.34 Å². The lowest BCUT2D eigenvalue weighted by Crippen LogP contribution is -2.33. The minimum atomic E-state index is -3.50. The number of hydrogen-bond acceptors (Lipinski definition) is 5. The molecule has 0 spiro atoms. The number of nitrogens with zero attached hydrogens (tertiary/aromatic N) is 1. The first kappa shape index (κ1) is 15.9. The molecule has 0 aromatic carbocycles. The highest BCUT2D eigenvalue weighted by molar-refractivity contribution is 7.91. The summed E-state index contributed by atoms with van der Waals surface area (Å²) < 4.78 is 27.7. The molecule has 0 aliphatic rings. The molecule has 1 atom stereocenters. The maximum atomic E-state index is 12.2. The molecule has 110 valence electrons. The van der Waals surface area contributed by atoms with E-state index in [1.54, 1.807) is 17.4 Å². The van der Waals surface area contributed by atoms with E-state index in [0.29, 0.717) is 10.9 Å². The maximum Gasteiger partial charge on any atom is 0.250 e. The summed E-state index contributed by atoms with van der Waals surface area (Å²) in [6, 6.07) is 7.09. The number of rotatable bonds is 6. The van der Waals surface area contributed by atoms with Gasteiger partial charge in [0.25, 0.3) is 0 Å². The summed E-state index contributed by atoms with van der Waals surface area (Å²) in [7, 11) is 0.365. The summed E-state index contributed by atoms with van der Waals surface area (Å²) in [6.45, 7) is 0.325. The molecule has 0 amide bonds. The van der Waals surface area contributed by atoms with Gasteiger partial charge in [-0.3, -0.25) is 0 Å². The molecule has 4 nitrogen and oxygen atoms in total. The summed E-state index contributed by atoms with van der Waals surface area (Å²) in [5, 5.41) is 1.99. The fourth-order valence-electron chi connectivity index (χ4n) is 1.72. The highest BCUT2D eigenvalue weighted by Crippen LogP contribution is 2.26. The SMILES string of the molecule is CN(C)C(CNS(=O)(=O)c1ccc(Cl)s1)c1cccs1. The van der Waals surface area contributed by atoms with Gasteiger partial charge in [-0.05, 0) is 37.7 Å². The van der Waals surface area contributed by atoms with Crippen LogP contribution in [0, 0.1) is 0 Å². The second kappa shape index (κ2) is 6.55. The molecule has 2 aromatic heterocycles. The summed E-state index contributed by atoms with van der Waals surface area (Å²) >= 11 is 8.45. The van der Waals surface area contributed by atoms with E-state index in [2.05, 4.69) is 4.72 Å². The van der Waals surface area contributed by atoms with Crippen molar-refractivity contribution in [2.75, 3.05) is 20.6 Å². The van der Waals surface area contributed by atoms with Crippen LogP contribution in [0.25, 0.3) is 0 Å². The Morgan fingerprint density at radius 1 is 1.35 bits per heavy atom. The van der Waals surface area contributed by atoms with E-state index in [9.17, 15) is 8.42 Å². The van der Waals surface area contributed by atoms with Crippen molar-refractivity contribution in [3.63, 3.8) is 0 Å². The van der Waals surface area contributed by atoms with Crippen LogP contribution in [0.15, 0.2) is 33.9 Å². The molecule has 0 fully saturated rings. The van der Waals surface area contributed by atoms with Crippen molar-refractivity contribution in [1.82, 2.24) is 9.62 Å². The summed E-state index contributed by atoms with van der Waals surface area (Å²) in [4.78, 5) is 3.12. The Bertz CT molecular complexity index is 650. The molecule has 0 radical (unpaired) electrons. The zero-order valence-corrected chi connectivity index (χ0v) is 14.2. The molecular weight excluding hydrogens is 336 g/mol. The number of hydrogen-bond donors (Lipinski definition) is 1. The summed E-state index contributed by atoms with van der Waals surface area (Å²) in [5.41, 5.74) is 0. The molecular formula is C12H15ClN2O2S3.